The Labute approximate surface area is 183 Å². The minimum atomic E-state index is -0.173. The van der Waals surface area contributed by atoms with Gasteiger partial charge in [0.25, 0.3) is 0 Å². The number of nitrogens with zero attached hydrogens (tertiary/aromatic N) is 2. The van der Waals surface area contributed by atoms with Crippen molar-refractivity contribution in [2.24, 2.45) is 5.92 Å². The number of nitrogens with one attached hydrogen (secondary N) is 2. The Balaban J connectivity index is 1.68. The van der Waals surface area contributed by atoms with Gasteiger partial charge in [0.1, 0.15) is 11.6 Å². The second-order valence-corrected chi connectivity index (χ2v) is 8.74. The molecule has 2 aromatic rings. The lowest BCUT2D eigenvalue weighted by atomic mass is 10.0. The van der Waals surface area contributed by atoms with Gasteiger partial charge in [0.05, 0.1) is 23.9 Å². The number of carbonyl (C=O) groups excluding carboxylic acids is 2. The van der Waals surface area contributed by atoms with Gasteiger partial charge in [0, 0.05) is 23.6 Å². The molecule has 2 heterocycles. The number of imidazole rings is 1. The lowest BCUT2D eigenvalue weighted by molar-refractivity contribution is -0.125. The van der Waals surface area contributed by atoms with Gasteiger partial charge in [-0.2, -0.15) is 0 Å². The molecule has 7 heteroatoms. The van der Waals surface area contributed by atoms with Crippen LogP contribution in [0.3, 0.4) is 0 Å². The molecular weight excluding hydrogens is 400 g/mol. The summed E-state index contributed by atoms with van der Waals surface area (Å²) in [4.78, 5) is 34.1. The van der Waals surface area contributed by atoms with Crippen molar-refractivity contribution in [2.75, 3.05) is 20.1 Å². The predicted octanol–water partition coefficient (Wildman–Crippen LogP) is 4.38. The molecule has 1 aromatic carbocycles. The van der Waals surface area contributed by atoms with Crippen LogP contribution >= 0.6 is 11.6 Å². The fourth-order valence-corrected chi connectivity index (χ4v) is 4.12. The number of benzene rings is 1. The number of halogens is 1. The zero-order valence-electron chi connectivity index (χ0n) is 17.8. The monoisotopic (exact) mass is 430 g/mol. The first-order valence-electron chi connectivity index (χ1n) is 10.7. The average molecular weight is 431 g/mol. The van der Waals surface area contributed by atoms with Crippen molar-refractivity contribution in [3.8, 4) is 11.3 Å². The number of Topliss-reactive ketones (excluding diaryl/α,β-unsaturated/α-hetero) is 1. The molecule has 1 aliphatic heterocycles. The van der Waals surface area contributed by atoms with Gasteiger partial charge in [0.2, 0.25) is 5.91 Å². The van der Waals surface area contributed by atoms with Crippen LogP contribution in [0, 0.1) is 5.92 Å². The quantitative estimate of drug-likeness (QED) is 0.548. The van der Waals surface area contributed by atoms with Crippen molar-refractivity contribution in [1.82, 2.24) is 20.2 Å². The van der Waals surface area contributed by atoms with E-state index in [0.717, 1.165) is 62.3 Å². The number of carbonyl (C=O) groups is 2. The van der Waals surface area contributed by atoms with Crippen molar-refractivity contribution >= 4 is 23.3 Å². The minimum absolute atomic E-state index is 0.0255. The maximum Gasteiger partial charge on any atom is 0.225 e. The summed E-state index contributed by atoms with van der Waals surface area (Å²) in [7, 11) is 2.05. The van der Waals surface area contributed by atoms with E-state index in [1.807, 2.05) is 31.3 Å². The number of H-pyrrole nitrogens is 1. The molecule has 1 fully saturated rings. The second-order valence-electron chi connectivity index (χ2n) is 8.30. The molecule has 0 radical (unpaired) electrons. The third-order valence-electron chi connectivity index (χ3n) is 5.66. The molecule has 162 valence electrons. The van der Waals surface area contributed by atoms with Crippen LogP contribution in [0.25, 0.3) is 11.3 Å². The Morgan fingerprint density at radius 3 is 2.87 bits per heavy atom. The predicted molar refractivity (Wildman–Crippen MR) is 119 cm³/mol. The topological polar surface area (TPSA) is 78.1 Å². The second kappa shape index (κ2) is 10.7. The van der Waals surface area contributed by atoms with Crippen LogP contribution in [0.15, 0.2) is 30.5 Å². The van der Waals surface area contributed by atoms with Gasteiger partial charge in [-0.15, -0.1) is 0 Å². The summed E-state index contributed by atoms with van der Waals surface area (Å²) in [6.45, 7) is 3.37. The summed E-state index contributed by atoms with van der Waals surface area (Å²) >= 11 is 6.12. The molecule has 6 nitrogen and oxygen atoms in total. The average Bonchev–Trinajstić information content (AvgIpc) is 3.36. The number of rotatable bonds is 10. The first kappa shape index (κ1) is 22.5. The molecule has 2 atom stereocenters. The number of ketones is 1. The Hall–Kier alpha value is -2.18. The van der Waals surface area contributed by atoms with E-state index in [-0.39, 0.29) is 23.7 Å². The minimum Gasteiger partial charge on any atom is -0.346 e. The van der Waals surface area contributed by atoms with Crippen molar-refractivity contribution < 1.29 is 9.59 Å². The van der Waals surface area contributed by atoms with Crippen LogP contribution < -0.4 is 5.32 Å². The Kier molecular flexibility index (Phi) is 8.05. The maximum absolute atomic E-state index is 12.8. The van der Waals surface area contributed by atoms with E-state index in [1.165, 1.54) is 0 Å². The van der Waals surface area contributed by atoms with Gasteiger partial charge >= 0.3 is 0 Å². The molecule has 1 saturated heterocycles. The summed E-state index contributed by atoms with van der Waals surface area (Å²) in [6, 6.07) is 7.44. The molecule has 0 saturated carbocycles. The van der Waals surface area contributed by atoms with Crippen LogP contribution in [0.2, 0.25) is 5.02 Å². The van der Waals surface area contributed by atoms with Crippen molar-refractivity contribution in [1.29, 1.82) is 0 Å². The molecule has 1 amide bonds. The molecule has 0 aliphatic carbocycles. The number of amides is 1. The van der Waals surface area contributed by atoms with Gasteiger partial charge < -0.3 is 20.0 Å². The molecule has 1 aliphatic rings. The van der Waals surface area contributed by atoms with Crippen LogP contribution in [0.5, 0.6) is 0 Å². The number of unbranched alkanes of at least 4 members (excludes halogenated alkanes) is 2. The molecule has 0 spiro atoms. The summed E-state index contributed by atoms with van der Waals surface area (Å²) in [5, 5.41) is 3.89. The molecule has 1 aromatic heterocycles. The molecule has 30 heavy (non-hydrogen) atoms. The highest BCUT2D eigenvalue weighted by Gasteiger charge is 2.28. The first-order valence-corrected chi connectivity index (χ1v) is 11.1. The van der Waals surface area contributed by atoms with Gasteiger partial charge in [0.15, 0.2) is 0 Å². The SMILES string of the molecule is CC(=O)CCCCC[C@H](NC(=O)[C@H]1CCN(C)C1)c1ncc(-c2cccc(Cl)c2)[nH]1. The zero-order chi connectivity index (χ0) is 21.5. The largest absolute Gasteiger partial charge is 0.346 e. The molecule has 0 unspecified atom stereocenters. The van der Waals surface area contributed by atoms with E-state index < -0.39 is 0 Å². The number of aromatic nitrogens is 2. The van der Waals surface area contributed by atoms with Crippen LogP contribution in [-0.2, 0) is 9.59 Å². The summed E-state index contributed by atoms with van der Waals surface area (Å²) in [6.07, 6.45) is 6.85. The summed E-state index contributed by atoms with van der Waals surface area (Å²) < 4.78 is 0. The summed E-state index contributed by atoms with van der Waals surface area (Å²) in [5.41, 5.74) is 1.84. The van der Waals surface area contributed by atoms with E-state index in [4.69, 9.17) is 11.6 Å². The van der Waals surface area contributed by atoms with E-state index in [1.54, 1.807) is 13.1 Å². The standard InChI is InChI=1S/C23H31ClN4O2/c1-16(29)7-4-3-5-10-20(27-23(30)18-11-12-28(2)15-18)22-25-14-21(26-22)17-8-6-9-19(24)13-17/h6,8-9,13-14,18,20H,3-5,7,10-12,15H2,1-2H3,(H,25,26)(H,27,30)/t18-,20-/m0/s1. The van der Waals surface area contributed by atoms with Crippen molar-refractivity contribution in [2.45, 2.75) is 51.5 Å². The third-order valence-corrected chi connectivity index (χ3v) is 5.90. The number of hydrogen-bond donors (Lipinski definition) is 2. The van der Waals surface area contributed by atoms with Crippen LogP contribution in [0.4, 0.5) is 0 Å². The molecule has 0 bridgehead atoms. The van der Waals surface area contributed by atoms with Crippen molar-refractivity contribution in [3.63, 3.8) is 0 Å². The number of likely N-dealkylation sites (tertiary alicyclic amines) is 1. The lowest BCUT2D eigenvalue weighted by Crippen LogP contribution is -2.35. The highest BCUT2D eigenvalue weighted by Crippen LogP contribution is 2.25. The Morgan fingerprint density at radius 1 is 1.33 bits per heavy atom. The van der Waals surface area contributed by atoms with E-state index in [2.05, 4.69) is 20.2 Å². The van der Waals surface area contributed by atoms with Gasteiger partial charge in [-0.05, 0) is 51.9 Å². The Morgan fingerprint density at radius 2 is 2.17 bits per heavy atom. The molecule has 3 rings (SSSR count). The smallest absolute Gasteiger partial charge is 0.225 e. The van der Waals surface area contributed by atoms with Crippen LogP contribution in [-0.4, -0.2) is 46.7 Å². The highest BCUT2D eigenvalue weighted by atomic mass is 35.5. The fourth-order valence-electron chi connectivity index (χ4n) is 3.93. The normalized spacial score (nSPS) is 17.8. The van der Waals surface area contributed by atoms with Crippen LogP contribution in [0.1, 0.15) is 57.3 Å². The molecular formula is C23H31ClN4O2. The first-order chi connectivity index (χ1) is 14.4. The molecule has 2 N–H and O–H groups in total. The fraction of sp³-hybridized carbons (Fsp3) is 0.522. The van der Waals surface area contributed by atoms with Gasteiger partial charge in [-0.1, -0.05) is 36.6 Å². The summed E-state index contributed by atoms with van der Waals surface area (Å²) in [5.74, 6) is 1.10. The zero-order valence-corrected chi connectivity index (χ0v) is 18.5. The van der Waals surface area contributed by atoms with Gasteiger partial charge in [-0.25, -0.2) is 4.98 Å². The number of aromatic amines is 1. The number of hydrogen-bond acceptors (Lipinski definition) is 4. The maximum atomic E-state index is 12.8. The lowest BCUT2D eigenvalue weighted by Gasteiger charge is -2.19. The van der Waals surface area contributed by atoms with Gasteiger partial charge in [-0.3, -0.25) is 4.79 Å². The Bertz CT molecular complexity index is 866. The highest BCUT2D eigenvalue weighted by molar-refractivity contribution is 6.30. The van der Waals surface area contributed by atoms with E-state index in [9.17, 15) is 9.59 Å². The van der Waals surface area contributed by atoms with E-state index in [0.29, 0.717) is 11.4 Å². The third kappa shape index (κ3) is 6.41. The van der Waals surface area contributed by atoms with Crippen molar-refractivity contribution in [3.05, 3.63) is 41.3 Å². The van der Waals surface area contributed by atoms with E-state index >= 15 is 0 Å².